The Kier molecular flexibility index (Phi) is 4.98. The third-order valence-electron chi connectivity index (χ3n) is 2.83. The first-order valence-electron chi connectivity index (χ1n) is 5.92. The Morgan fingerprint density at radius 3 is 2.71 bits per heavy atom. The molecule has 0 atom stereocenters. The molecule has 0 unspecified atom stereocenters. The van der Waals surface area contributed by atoms with Crippen LogP contribution in [0.5, 0.6) is 5.75 Å². The van der Waals surface area contributed by atoms with Crippen LogP contribution in [0, 0.1) is 15.9 Å². The van der Waals surface area contributed by atoms with Gasteiger partial charge in [0.1, 0.15) is 18.2 Å². The predicted octanol–water partition coefficient (Wildman–Crippen LogP) is 4.71. The largest absolute Gasteiger partial charge is 0.488 e. The van der Waals surface area contributed by atoms with Crippen molar-refractivity contribution in [2.75, 3.05) is 0 Å². The van der Waals surface area contributed by atoms with E-state index in [1.54, 1.807) is 18.2 Å². The van der Waals surface area contributed by atoms with E-state index in [4.69, 9.17) is 27.9 Å². The first-order valence-corrected chi connectivity index (χ1v) is 6.83. The van der Waals surface area contributed by atoms with Crippen LogP contribution in [0.4, 0.5) is 10.1 Å². The molecule has 0 aromatic heterocycles. The van der Waals surface area contributed by atoms with Crippen molar-refractivity contribution in [3.63, 3.8) is 0 Å². The first-order chi connectivity index (χ1) is 10.0. The Morgan fingerprint density at radius 1 is 1.29 bits per heavy atom. The summed E-state index contributed by atoms with van der Waals surface area (Å²) in [6.07, 6.45) is 0. The van der Waals surface area contributed by atoms with E-state index in [1.807, 2.05) is 0 Å². The summed E-state index contributed by atoms with van der Waals surface area (Å²) in [6, 6.07) is 8.20. The van der Waals surface area contributed by atoms with E-state index in [9.17, 15) is 14.5 Å². The van der Waals surface area contributed by atoms with E-state index in [0.29, 0.717) is 16.3 Å². The zero-order valence-corrected chi connectivity index (χ0v) is 12.2. The van der Waals surface area contributed by atoms with Crippen molar-refractivity contribution in [2.45, 2.75) is 12.5 Å². The van der Waals surface area contributed by atoms with E-state index in [0.717, 1.165) is 18.2 Å². The summed E-state index contributed by atoms with van der Waals surface area (Å²) in [5.41, 5.74) is 0.520. The molecule has 0 heterocycles. The second kappa shape index (κ2) is 6.74. The van der Waals surface area contributed by atoms with Gasteiger partial charge in [0.05, 0.1) is 16.4 Å². The minimum absolute atomic E-state index is 0.139. The minimum atomic E-state index is -0.585. The van der Waals surface area contributed by atoms with Gasteiger partial charge in [-0.1, -0.05) is 17.7 Å². The standard InChI is InChI=1S/C14H10Cl2FNO3/c15-7-11-12(16)2-1-3-14(11)21-8-9-6-10(17)4-5-13(9)18(19)20/h1-6H,7-8H2. The second-order valence-electron chi connectivity index (χ2n) is 4.17. The maximum Gasteiger partial charge on any atom is 0.276 e. The third kappa shape index (κ3) is 3.62. The lowest BCUT2D eigenvalue weighted by molar-refractivity contribution is -0.385. The predicted molar refractivity (Wildman–Crippen MR) is 78.4 cm³/mol. The van der Waals surface area contributed by atoms with Crippen LogP contribution in [-0.2, 0) is 12.5 Å². The second-order valence-corrected chi connectivity index (χ2v) is 4.84. The number of hydrogen-bond donors (Lipinski definition) is 0. The molecule has 0 aliphatic carbocycles. The Balaban J connectivity index is 2.26. The van der Waals surface area contributed by atoms with Crippen molar-refractivity contribution < 1.29 is 14.1 Å². The molecular formula is C14H10Cl2FNO3. The number of hydrogen-bond acceptors (Lipinski definition) is 3. The van der Waals surface area contributed by atoms with Crippen molar-refractivity contribution in [3.05, 3.63) is 68.5 Å². The summed E-state index contributed by atoms with van der Waals surface area (Å²) in [7, 11) is 0. The third-order valence-corrected chi connectivity index (χ3v) is 3.45. The highest BCUT2D eigenvalue weighted by atomic mass is 35.5. The van der Waals surface area contributed by atoms with Crippen molar-refractivity contribution in [1.82, 2.24) is 0 Å². The summed E-state index contributed by atoms with van der Waals surface area (Å²) in [5, 5.41) is 11.3. The van der Waals surface area contributed by atoms with Crippen LogP contribution < -0.4 is 4.74 Å². The lowest BCUT2D eigenvalue weighted by Crippen LogP contribution is -2.02. The van der Waals surface area contributed by atoms with Gasteiger partial charge in [-0.05, 0) is 24.3 Å². The molecule has 110 valence electrons. The number of nitro groups is 1. The van der Waals surface area contributed by atoms with Crippen molar-refractivity contribution in [3.8, 4) is 5.75 Å². The van der Waals surface area contributed by atoms with E-state index in [2.05, 4.69) is 0 Å². The lowest BCUT2D eigenvalue weighted by atomic mass is 10.2. The van der Waals surface area contributed by atoms with Gasteiger partial charge in [-0.15, -0.1) is 11.6 Å². The molecule has 7 heteroatoms. The highest BCUT2D eigenvalue weighted by Gasteiger charge is 2.16. The molecule has 0 bridgehead atoms. The number of halogens is 3. The molecular weight excluding hydrogens is 320 g/mol. The molecule has 0 fully saturated rings. The zero-order chi connectivity index (χ0) is 15.4. The van der Waals surface area contributed by atoms with Crippen LogP contribution in [0.2, 0.25) is 5.02 Å². The Hall–Kier alpha value is -1.85. The molecule has 4 nitrogen and oxygen atoms in total. The quantitative estimate of drug-likeness (QED) is 0.453. The van der Waals surface area contributed by atoms with E-state index >= 15 is 0 Å². The molecule has 0 N–H and O–H groups in total. The Morgan fingerprint density at radius 2 is 2.05 bits per heavy atom. The number of alkyl halides is 1. The van der Waals surface area contributed by atoms with Crippen molar-refractivity contribution >= 4 is 28.9 Å². The van der Waals surface area contributed by atoms with Gasteiger partial charge < -0.3 is 4.74 Å². The van der Waals surface area contributed by atoms with Gasteiger partial charge >= 0.3 is 0 Å². The van der Waals surface area contributed by atoms with Gasteiger partial charge in [0.15, 0.2) is 0 Å². The number of ether oxygens (including phenoxy) is 1. The first kappa shape index (κ1) is 15.5. The number of benzene rings is 2. The smallest absolute Gasteiger partial charge is 0.276 e. The molecule has 2 aromatic carbocycles. The zero-order valence-electron chi connectivity index (χ0n) is 10.7. The van der Waals surface area contributed by atoms with Crippen molar-refractivity contribution in [2.24, 2.45) is 0 Å². The number of nitro benzene ring substituents is 1. The summed E-state index contributed by atoms with van der Waals surface area (Å²) in [5.74, 6) is -0.0146. The summed E-state index contributed by atoms with van der Waals surface area (Å²) in [6.45, 7) is -0.154. The fourth-order valence-electron chi connectivity index (χ4n) is 1.81. The van der Waals surface area contributed by atoms with Gasteiger partial charge in [-0.3, -0.25) is 10.1 Å². The minimum Gasteiger partial charge on any atom is -0.488 e. The maximum absolute atomic E-state index is 13.2. The summed E-state index contributed by atoms with van der Waals surface area (Å²) < 4.78 is 18.7. The number of rotatable bonds is 5. The molecule has 2 rings (SSSR count). The molecule has 21 heavy (non-hydrogen) atoms. The normalized spacial score (nSPS) is 10.4. The summed E-state index contributed by atoms with van der Waals surface area (Å²) >= 11 is 11.8. The Labute approximate surface area is 130 Å². The van der Waals surface area contributed by atoms with Crippen LogP contribution in [0.25, 0.3) is 0 Å². The highest BCUT2D eigenvalue weighted by Crippen LogP contribution is 2.29. The Bertz CT molecular complexity index is 679. The van der Waals surface area contributed by atoms with Crippen LogP contribution in [0.15, 0.2) is 36.4 Å². The van der Waals surface area contributed by atoms with Gasteiger partial charge in [-0.2, -0.15) is 0 Å². The molecule has 0 aliphatic rings. The molecule has 0 radical (unpaired) electrons. The van der Waals surface area contributed by atoms with Gasteiger partial charge in [0.25, 0.3) is 5.69 Å². The van der Waals surface area contributed by atoms with E-state index < -0.39 is 10.7 Å². The highest BCUT2D eigenvalue weighted by molar-refractivity contribution is 6.32. The van der Waals surface area contributed by atoms with Gasteiger partial charge in [0, 0.05) is 16.7 Å². The van der Waals surface area contributed by atoms with Crippen LogP contribution in [0.3, 0.4) is 0 Å². The average molecular weight is 330 g/mol. The molecule has 0 spiro atoms. The van der Waals surface area contributed by atoms with Crippen LogP contribution in [-0.4, -0.2) is 4.92 Å². The van der Waals surface area contributed by atoms with Crippen LogP contribution >= 0.6 is 23.2 Å². The molecule has 0 aliphatic heterocycles. The molecule has 0 amide bonds. The fraction of sp³-hybridized carbons (Fsp3) is 0.143. The topological polar surface area (TPSA) is 52.4 Å². The summed E-state index contributed by atoms with van der Waals surface area (Å²) in [4.78, 5) is 10.3. The number of nitrogens with zero attached hydrogens (tertiary/aromatic N) is 1. The van der Waals surface area contributed by atoms with Gasteiger partial charge in [0.2, 0.25) is 0 Å². The average Bonchev–Trinajstić information content (AvgIpc) is 2.44. The SMILES string of the molecule is O=[N+]([O-])c1ccc(F)cc1COc1cccc(Cl)c1CCl. The molecule has 0 saturated heterocycles. The van der Waals surface area contributed by atoms with Gasteiger partial charge in [-0.25, -0.2) is 4.39 Å². The van der Waals surface area contributed by atoms with Crippen molar-refractivity contribution in [1.29, 1.82) is 0 Å². The van der Waals surface area contributed by atoms with E-state index in [1.165, 1.54) is 0 Å². The van der Waals surface area contributed by atoms with E-state index in [-0.39, 0.29) is 23.7 Å². The lowest BCUT2D eigenvalue weighted by Gasteiger charge is -2.11. The van der Waals surface area contributed by atoms with Crippen LogP contribution in [0.1, 0.15) is 11.1 Å². The monoisotopic (exact) mass is 329 g/mol. The molecule has 2 aromatic rings. The fourth-order valence-corrected chi connectivity index (χ4v) is 2.38. The maximum atomic E-state index is 13.2. The molecule has 0 saturated carbocycles.